The number of nitrogen functional groups attached to an aromatic ring is 1. The number of esters is 1. The molecule has 0 atom stereocenters. The predicted octanol–water partition coefficient (Wildman–Crippen LogP) is 3.02. The Bertz CT molecular complexity index is 674. The van der Waals surface area contributed by atoms with Crippen molar-refractivity contribution < 1.29 is 9.53 Å². The number of pyridine rings is 1. The molecule has 21 heavy (non-hydrogen) atoms. The lowest BCUT2D eigenvalue weighted by Gasteiger charge is -2.13. The molecule has 0 aliphatic rings. The van der Waals surface area contributed by atoms with Crippen molar-refractivity contribution in [1.29, 1.82) is 0 Å². The minimum absolute atomic E-state index is 0.301. The standard InChI is InChI=1S/C15H16ClN3O2/c1-9-4-3-5-11(19-9)8-18-14-12(15(20)21-2)6-10(17)7-13(14)16/h3-7,18H,8,17H2,1-2H3. The van der Waals surface area contributed by atoms with E-state index < -0.39 is 5.97 Å². The summed E-state index contributed by atoms with van der Waals surface area (Å²) in [5.74, 6) is -0.496. The van der Waals surface area contributed by atoms with E-state index in [0.29, 0.717) is 28.5 Å². The van der Waals surface area contributed by atoms with Gasteiger partial charge in [0.25, 0.3) is 0 Å². The SMILES string of the molecule is COC(=O)c1cc(N)cc(Cl)c1NCc1cccc(C)n1. The van der Waals surface area contributed by atoms with Gasteiger partial charge in [0.1, 0.15) is 0 Å². The van der Waals surface area contributed by atoms with Gasteiger partial charge in [0.2, 0.25) is 0 Å². The van der Waals surface area contributed by atoms with E-state index in [1.807, 2.05) is 25.1 Å². The Morgan fingerprint density at radius 1 is 1.43 bits per heavy atom. The molecule has 1 aromatic carbocycles. The summed E-state index contributed by atoms with van der Waals surface area (Å²) in [4.78, 5) is 16.2. The number of hydrogen-bond acceptors (Lipinski definition) is 5. The molecular weight excluding hydrogens is 290 g/mol. The lowest BCUT2D eigenvalue weighted by molar-refractivity contribution is 0.0602. The minimum Gasteiger partial charge on any atom is -0.465 e. The average Bonchev–Trinajstić information content (AvgIpc) is 2.45. The fourth-order valence-electron chi connectivity index (χ4n) is 1.96. The molecular formula is C15H16ClN3O2. The van der Waals surface area contributed by atoms with E-state index >= 15 is 0 Å². The predicted molar refractivity (Wildman–Crippen MR) is 83.5 cm³/mol. The first-order valence-electron chi connectivity index (χ1n) is 6.35. The molecule has 0 aliphatic heterocycles. The molecule has 5 nitrogen and oxygen atoms in total. The number of ether oxygens (including phenoxy) is 1. The molecule has 0 aliphatic carbocycles. The van der Waals surface area contributed by atoms with E-state index in [-0.39, 0.29) is 0 Å². The Morgan fingerprint density at radius 3 is 2.86 bits per heavy atom. The fraction of sp³-hybridized carbons (Fsp3) is 0.200. The summed E-state index contributed by atoms with van der Waals surface area (Å²) in [5, 5.41) is 3.48. The number of carbonyl (C=O) groups is 1. The molecule has 0 unspecified atom stereocenters. The second-order valence-electron chi connectivity index (χ2n) is 4.54. The van der Waals surface area contributed by atoms with E-state index in [0.717, 1.165) is 11.4 Å². The van der Waals surface area contributed by atoms with Crippen molar-refractivity contribution in [2.24, 2.45) is 0 Å². The lowest BCUT2D eigenvalue weighted by Crippen LogP contribution is -2.10. The Hall–Kier alpha value is -2.27. The third-order valence-corrected chi connectivity index (χ3v) is 3.21. The number of benzene rings is 1. The summed E-state index contributed by atoms with van der Waals surface area (Å²) in [7, 11) is 1.31. The molecule has 2 aromatic rings. The molecule has 0 saturated heterocycles. The maximum atomic E-state index is 11.8. The second kappa shape index (κ2) is 6.45. The van der Waals surface area contributed by atoms with Crippen LogP contribution in [-0.4, -0.2) is 18.1 Å². The van der Waals surface area contributed by atoms with Gasteiger partial charge in [-0.25, -0.2) is 4.79 Å². The number of aryl methyl sites for hydroxylation is 1. The van der Waals surface area contributed by atoms with Crippen LogP contribution in [0.5, 0.6) is 0 Å². The van der Waals surface area contributed by atoms with Gasteiger partial charge in [-0.15, -0.1) is 0 Å². The quantitative estimate of drug-likeness (QED) is 0.670. The van der Waals surface area contributed by atoms with Gasteiger partial charge in [0.15, 0.2) is 0 Å². The highest BCUT2D eigenvalue weighted by Gasteiger charge is 2.16. The van der Waals surface area contributed by atoms with Crippen molar-refractivity contribution in [1.82, 2.24) is 4.98 Å². The van der Waals surface area contributed by atoms with Crippen LogP contribution in [0.4, 0.5) is 11.4 Å². The molecule has 110 valence electrons. The topological polar surface area (TPSA) is 77.2 Å². The number of anilines is 2. The Labute approximate surface area is 128 Å². The van der Waals surface area contributed by atoms with Crippen LogP contribution in [0.2, 0.25) is 5.02 Å². The van der Waals surface area contributed by atoms with Crippen molar-refractivity contribution in [2.45, 2.75) is 13.5 Å². The smallest absolute Gasteiger partial charge is 0.340 e. The highest BCUT2D eigenvalue weighted by molar-refractivity contribution is 6.34. The number of halogens is 1. The molecule has 0 fully saturated rings. The van der Waals surface area contributed by atoms with Gasteiger partial charge in [0.05, 0.1) is 35.6 Å². The van der Waals surface area contributed by atoms with Crippen LogP contribution in [0.3, 0.4) is 0 Å². The summed E-state index contributed by atoms with van der Waals surface area (Å²) in [6.45, 7) is 2.36. The summed E-state index contributed by atoms with van der Waals surface area (Å²) >= 11 is 6.16. The highest BCUT2D eigenvalue weighted by Crippen LogP contribution is 2.30. The zero-order chi connectivity index (χ0) is 15.4. The molecule has 2 rings (SSSR count). The zero-order valence-corrected chi connectivity index (χ0v) is 12.6. The normalized spacial score (nSPS) is 10.2. The van der Waals surface area contributed by atoms with Gasteiger partial charge >= 0.3 is 5.97 Å². The van der Waals surface area contributed by atoms with Crippen molar-refractivity contribution >= 4 is 28.9 Å². The minimum atomic E-state index is -0.496. The van der Waals surface area contributed by atoms with Crippen LogP contribution in [-0.2, 0) is 11.3 Å². The number of hydrogen-bond donors (Lipinski definition) is 2. The molecule has 1 aromatic heterocycles. The monoisotopic (exact) mass is 305 g/mol. The van der Waals surface area contributed by atoms with Crippen molar-refractivity contribution in [3.05, 3.63) is 52.3 Å². The second-order valence-corrected chi connectivity index (χ2v) is 4.95. The van der Waals surface area contributed by atoms with Gasteiger partial charge < -0.3 is 15.8 Å². The maximum absolute atomic E-state index is 11.8. The van der Waals surface area contributed by atoms with Crippen molar-refractivity contribution in [2.75, 3.05) is 18.2 Å². The van der Waals surface area contributed by atoms with Crippen LogP contribution < -0.4 is 11.1 Å². The molecule has 0 saturated carbocycles. The van der Waals surface area contributed by atoms with Gasteiger partial charge in [-0.05, 0) is 31.2 Å². The number of nitrogens with zero attached hydrogens (tertiary/aromatic N) is 1. The van der Waals surface area contributed by atoms with Gasteiger partial charge in [-0.2, -0.15) is 0 Å². The number of carbonyl (C=O) groups excluding carboxylic acids is 1. The molecule has 0 spiro atoms. The first kappa shape index (κ1) is 15.1. The van der Waals surface area contributed by atoms with Crippen molar-refractivity contribution in [3.8, 4) is 0 Å². The number of aromatic nitrogens is 1. The number of rotatable bonds is 4. The van der Waals surface area contributed by atoms with Crippen LogP contribution in [0.25, 0.3) is 0 Å². The Kier molecular flexibility index (Phi) is 4.65. The molecule has 0 radical (unpaired) electrons. The Morgan fingerprint density at radius 2 is 2.19 bits per heavy atom. The third-order valence-electron chi connectivity index (χ3n) is 2.91. The summed E-state index contributed by atoms with van der Waals surface area (Å²) in [5.41, 5.74) is 8.67. The average molecular weight is 306 g/mol. The number of methoxy groups -OCH3 is 1. The van der Waals surface area contributed by atoms with E-state index in [4.69, 9.17) is 22.1 Å². The molecule has 0 bridgehead atoms. The van der Waals surface area contributed by atoms with Gasteiger partial charge in [-0.3, -0.25) is 4.98 Å². The summed E-state index contributed by atoms with van der Waals surface area (Å²) in [6, 6.07) is 8.84. The molecule has 3 N–H and O–H groups in total. The van der Waals surface area contributed by atoms with Gasteiger partial charge in [-0.1, -0.05) is 17.7 Å². The largest absolute Gasteiger partial charge is 0.465 e. The lowest BCUT2D eigenvalue weighted by atomic mass is 10.1. The number of nitrogens with one attached hydrogen (secondary N) is 1. The highest BCUT2D eigenvalue weighted by atomic mass is 35.5. The zero-order valence-electron chi connectivity index (χ0n) is 11.8. The van der Waals surface area contributed by atoms with Crippen LogP contribution in [0.15, 0.2) is 30.3 Å². The van der Waals surface area contributed by atoms with Crippen molar-refractivity contribution in [3.63, 3.8) is 0 Å². The number of nitrogens with two attached hydrogens (primary N) is 1. The van der Waals surface area contributed by atoms with E-state index in [1.54, 1.807) is 6.07 Å². The summed E-state index contributed by atoms with van der Waals surface area (Å²) in [6.07, 6.45) is 0. The molecule has 6 heteroatoms. The van der Waals surface area contributed by atoms with E-state index in [9.17, 15) is 4.79 Å². The van der Waals surface area contributed by atoms with Crippen LogP contribution in [0, 0.1) is 6.92 Å². The van der Waals surface area contributed by atoms with E-state index in [1.165, 1.54) is 13.2 Å². The maximum Gasteiger partial charge on any atom is 0.340 e. The van der Waals surface area contributed by atoms with Gasteiger partial charge in [0, 0.05) is 11.4 Å². The first-order chi connectivity index (χ1) is 10.0. The molecule has 0 amide bonds. The molecule has 1 heterocycles. The summed E-state index contributed by atoms with van der Waals surface area (Å²) < 4.78 is 4.75. The van der Waals surface area contributed by atoms with Crippen LogP contribution >= 0.6 is 11.6 Å². The van der Waals surface area contributed by atoms with E-state index in [2.05, 4.69) is 10.3 Å². The fourth-order valence-corrected chi connectivity index (χ4v) is 2.25. The third kappa shape index (κ3) is 3.64. The first-order valence-corrected chi connectivity index (χ1v) is 6.73. The van der Waals surface area contributed by atoms with Crippen LogP contribution in [0.1, 0.15) is 21.7 Å². The Balaban J connectivity index is 2.28.